The van der Waals surface area contributed by atoms with Gasteiger partial charge < -0.3 is 24.3 Å². The van der Waals surface area contributed by atoms with Gasteiger partial charge in [-0.05, 0) is 43.0 Å². The number of ether oxygens (including phenoxy) is 4. The molecule has 1 amide bonds. The quantitative estimate of drug-likeness (QED) is 0.422. The fourth-order valence-electron chi connectivity index (χ4n) is 2.41. The topological polar surface area (TPSA) is 100 Å². The molecule has 0 saturated heterocycles. The van der Waals surface area contributed by atoms with E-state index < -0.39 is 24.5 Å². The Kier molecular flexibility index (Phi) is 9.14. The number of esters is 2. The highest BCUT2D eigenvalue weighted by Gasteiger charge is 2.18. The summed E-state index contributed by atoms with van der Waals surface area (Å²) in [4.78, 5) is 36.3. The van der Waals surface area contributed by atoms with E-state index in [-0.39, 0.29) is 10.4 Å². The second kappa shape index (κ2) is 11.8. The van der Waals surface area contributed by atoms with E-state index in [1.54, 1.807) is 23.6 Å². The van der Waals surface area contributed by atoms with Gasteiger partial charge in [0, 0.05) is 0 Å². The molecule has 0 radical (unpaired) electrons. The number of benzene rings is 1. The molecule has 1 heterocycles. The largest absolute Gasteiger partial charge is 0.490 e. The molecule has 0 unspecified atom stereocenters. The van der Waals surface area contributed by atoms with Crippen LogP contribution in [0.1, 0.15) is 46.7 Å². The fourth-order valence-corrected chi connectivity index (χ4v) is 3.17. The maximum atomic E-state index is 12.3. The lowest BCUT2D eigenvalue weighted by molar-refractivity contribution is -0.119. The lowest BCUT2D eigenvalue weighted by Gasteiger charge is -2.13. The summed E-state index contributed by atoms with van der Waals surface area (Å²) in [6, 6.07) is 6.30. The van der Waals surface area contributed by atoms with Crippen LogP contribution in [0, 0.1) is 0 Å². The molecule has 2 aromatic rings. The first-order valence-corrected chi connectivity index (χ1v) is 10.4. The van der Waals surface area contributed by atoms with E-state index in [9.17, 15) is 14.4 Å². The molecule has 30 heavy (non-hydrogen) atoms. The van der Waals surface area contributed by atoms with E-state index in [1.807, 2.05) is 6.92 Å². The number of unbranched alkanes of at least 4 members (excludes halogenated alkanes) is 1. The molecule has 1 aromatic heterocycles. The zero-order valence-corrected chi connectivity index (χ0v) is 18.0. The number of nitrogens with one attached hydrogen (secondary N) is 1. The van der Waals surface area contributed by atoms with Crippen molar-refractivity contribution in [3.05, 3.63) is 40.1 Å². The first-order chi connectivity index (χ1) is 14.5. The van der Waals surface area contributed by atoms with Crippen molar-refractivity contribution >= 4 is 34.9 Å². The zero-order chi connectivity index (χ0) is 21.9. The van der Waals surface area contributed by atoms with Crippen LogP contribution in [-0.2, 0) is 14.3 Å². The van der Waals surface area contributed by atoms with Crippen molar-refractivity contribution in [3.63, 3.8) is 0 Å². The van der Waals surface area contributed by atoms with Crippen LogP contribution in [0.5, 0.6) is 11.5 Å². The molecular formula is C21H25NO7S. The van der Waals surface area contributed by atoms with Gasteiger partial charge in [-0.2, -0.15) is 0 Å². The third-order valence-electron chi connectivity index (χ3n) is 3.88. The summed E-state index contributed by atoms with van der Waals surface area (Å²) in [5.74, 6) is -0.816. The lowest BCUT2D eigenvalue weighted by atomic mass is 10.2. The Morgan fingerprint density at radius 1 is 1.03 bits per heavy atom. The summed E-state index contributed by atoms with van der Waals surface area (Å²) >= 11 is 1.14. The molecule has 8 nitrogen and oxygen atoms in total. The second-order valence-corrected chi connectivity index (χ2v) is 6.99. The van der Waals surface area contributed by atoms with E-state index in [1.165, 1.54) is 13.2 Å². The average molecular weight is 435 g/mol. The van der Waals surface area contributed by atoms with E-state index in [4.69, 9.17) is 14.2 Å². The van der Waals surface area contributed by atoms with Crippen LogP contribution < -0.4 is 14.8 Å². The summed E-state index contributed by atoms with van der Waals surface area (Å²) in [6.07, 6.45) is 1.91. The van der Waals surface area contributed by atoms with Crippen molar-refractivity contribution in [2.24, 2.45) is 0 Å². The monoisotopic (exact) mass is 435 g/mol. The van der Waals surface area contributed by atoms with Gasteiger partial charge in [-0.15, -0.1) is 11.3 Å². The van der Waals surface area contributed by atoms with Crippen LogP contribution in [0.25, 0.3) is 0 Å². The van der Waals surface area contributed by atoms with Crippen molar-refractivity contribution in [1.82, 2.24) is 0 Å². The summed E-state index contributed by atoms with van der Waals surface area (Å²) in [5.41, 5.74) is 0.542. The van der Waals surface area contributed by atoms with Crippen LogP contribution in [0.15, 0.2) is 29.6 Å². The highest BCUT2D eigenvalue weighted by atomic mass is 32.1. The fraction of sp³-hybridized carbons (Fsp3) is 0.381. The number of hydrogen-bond acceptors (Lipinski definition) is 8. The first kappa shape index (κ1) is 23.2. The molecule has 1 aromatic carbocycles. The molecule has 162 valence electrons. The summed E-state index contributed by atoms with van der Waals surface area (Å²) in [5, 5.41) is 4.18. The van der Waals surface area contributed by atoms with Crippen molar-refractivity contribution in [3.8, 4) is 11.5 Å². The van der Waals surface area contributed by atoms with Gasteiger partial charge in [-0.3, -0.25) is 4.79 Å². The van der Waals surface area contributed by atoms with Gasteiger partial charge in [-0.25, -0.2) is 9.59 Å². The highest BCUT2D eigenvalue weighted by molar-refractivity contribution is 7.12. The molecule has 1 N–H and O–H groups in total. The standard InChI is InChI=1S/C21H25NO7S/c1-4-6-10-28-16-8-7-14(12-17(16)27-5-2)20(24)29-13-18(23)22-15-9-11-30-19(15)21(25)26-3/h7-9,11-12H,4-6,10,13H2,1-3H3,(H,22,23). The van der Waals surface area contributed by atoms with Crippen molar-refractivity contribution < 1.29 is 33.3 Å². The highest BCUT2D eigenvalue weighted by Crippen LogP contribution is 2.29. The summed E-state index contributed by atoms with van der Waals surface area (Å²) < 4.78 is 21.0. The van der Waals surface area contributed by atoms with E-state index in [2.05, 4.69) is 17.0 Å². The SMILES string of the molecule is CCCCOc1ccc(C(=O)OCC(=O)Nc2ccsc2C(=O)OC)cc1OCC. The van der Waals surface area contributed by atoms with Gasteiger partial charge in [0.1, 0.15) is 4.88 Å². The maximum Gasteiger partial charge on any atom is 0.350 e. The molecule has 0 bridgehead atoms. The molecule has 0 saturated carbocycles. The lowest BCUT2D eigenvalue weighted by Crippen LogP contribution is -2.21. The molecular weight excluding hydrogens is 410 g/mol. The number of amides is 1. The number of carbonyl (C=O) groups excluding carboxylic acids is 3. The third-order valence-corrected chi connectivity index (χ3v) is 4.77. The number of rotatable bonds is 11. The van der Waals surface area contributed by atoms with Gasteiger partial charge in [-0.1, -0.05) is 13.3 Å². The number of hydrogen-bond donors (Lipinski definition) is 1. The molecule has 0 aliphatic heterocycles. The van der Waals surface area contributed by atoms with Crippen LogP contribution >= 0.6 is 11.3 Å². The summed E-state index contributed by atoms with van der Waals surface area (Å²) in [6.45, 7) is 4.35. The Bertz CT molecular complexity index is 878. The first-order valence-electron chi connectivity index (χ1n) is 9.52. The predicted octanol–water partition coefficient (Wildman–Crippen LogP) is 3.91. The second-order valence-electron chi connectivity index (χ2n) is 6.08. The normalized spacial score (nSPS) is 10.2. The van der Waals surface area contributed by atoms with Gasteiger partial charge in [0.05, 0.1) is 31.6 Å². The van der Waals surface area contributed by atoms with Gasteiger partial charge in [0.2, 0.25) is 0 Å². The number of carbonyl (C=O) groups is 3. The summed E-state index contributed by atoms with van der Waals surface area (Å²) in [7, 11) is 1.26. The van der Waals surface area contributed by atoms with E-state index in [0.29, 0.717) is 30.4 Å². The van der Waals surface area contributed by atoms with Crippen LogP contribution in [0.2, 0.25) is 0 Å². The van der Waals surface area contributed by atoms with Crippen LogP contribution in [-0.4, -0.2) is 44.8 Å². The van der Waals surface area contributed by atoms with E-state index in [0.717, 1.165) is 24.2 Å². The number of methoxy groups -OCH3 is 1. The third kappa shape index (κ3) is 6.48. The average Bonchev–Trinajstić information content (AvgIpc) is 3.20. The molecule has 0 spiro atoms. The zero-order valence-electron chi connectivity index (χ0n) is 17.2. The smallest absolute Gasteiger partial charge is 0.350 e. The van der Waals surface area contributed by atoms with Crippen molar-refractivity contribution in [2.75, 3.05) is 32.2 Å². The van der Waals surface area contributed by atoms with Crippen molar-refractivity contribution in [1.29, 1.82) is 0 Å². The van der Waals surface area contributed by atoms with Crippen LogP contribution in [0.3, 0.4) is 0 Å². The Morgan fingerprint density at radius 3 is 2.53 bits per heavy atom. The van der Waals surface area contributed by atoms with Crippen molar-refractivity contribution in [2.45, 2.75) is 26.7 Å². The molecule has 0 atom stereocenters. The Hall–Kier alpha value is -3.07. The number of thiophene rings is 1. The molecule has 0 fully saturated rings. The van der Waals surface area contributed by atoms with E-state index >= 15 is 0 Å². The maximum absolute atomic E-state index is 12.3. The van der Waals surface area contributed by atoms with Crippen LogP contribution in [0.4, 0.5) is 5.69 Å². The van der Waals surface area contributed by atoms with Gasteiger partial charge in [0.15, 0.2) is 18.1 Å². The number of anilines is 1. The predicted molar refractivity (Wildman–Crippen MR) is 113 cm³/mol. The Morgan fingerprint density at radius 2 is 1.83 bits per heavy atom. The molecule has 9 heteroatoms. The minimum absolute atomic E-state index is 0.236. The van der Waals surface area contributed by atoms with Gasteiger partial charge in [0.25, 0.3) is 5.91 Å². The molecule has 0 aliphatic carbocycles. The molecule has 0 aliphatic rings. The minimum Gasteiger partial charge on any atom is -0.490 e. The minimum atomic E-state index is -0.676. The van der Waals surface area contributed by atoms with Gasteiger partial charge >= 0.3 is 11.9 Å². The molecule has 2 rings (SSSR count). The Balaban J connectivity index is 1.97. The Labute approximate surface area is 179 Å².